The van der Waals surface area contributed by atoms with Gasteiger partial charge in [0.1, 0.15) is 23.0 Å². The Bertz CT molecular complexity index is 1380. The Morgan fingerprint density at radius 2 is 1.83 bits per heavy atom. The molecule has 1 aliphatic heterocycles. The Labute approximate surface area is 169 Å². The average Bonchev–Trinajstić information content (AvgIpc) is 3.02. The van der Waals surface area contributed by atoms with Gasteiger partial charge in [0, 0.05) is 11.8 Å². The smallest absolute Gasteiger partial charge is 0.296 e. The van der Waals surface area contributed by atoms with Crippen molar-refractivity contribution in [1.29, 1.82) is 0 Å². The molecule has 1 amide bonds. The van der Waals surface area contributed by atoms with Gasteiger partial charge in [-0.25, -0.2) is 13.8 Å². The third-order valence-electron chi connectivity index (χ3n) is 5.17. The maximum atomic E-state index is 14.8. The van der Waals surface area contributed by atoms with Crippen LogP contribution in [0, 0.1) is 18.6 Å². The summed E-state index contributed by atoms with van der Waals surface area (Å²) >= 11 is 0. The normalized spacial score (nSPS) is 15.6. The molecule has 1 aliphatic rings. The van der Waals surface area contributed by atoms with E-state index in [1.807, 2.05) is 6.92 Å². The lowest BCUT2D eigenvalue weighted by Crippen LogP contribution is -2.30. The van der Waals surface area contributed by atoms with E-state index in [0.717, 1.165) is 17.7 Å². The van der Waals surface area contributed by atoms with Crippen molar-refractivity contribution >= 4 is 22.7 Å². The van der Waals surface area contributed by atoms with Gasteiger partial charge in [-0.3, -0.25) is 14.5 Å². The van der Waals surface area contributed by atoms with Crippen LogP contribution in [0.2, 0.25) is 0 Å². The van der Waals surface area contributed by atoms with Crippen LogP contribution in [0.25, 0.3) is 11.0 Å². The highest BCUT2D eigenvalue weighted by molar-refractivity contribution is 6.10. The molecule has 2 aromatic carbocycles. The predicted molar refractivity (Wildman–Crippen MR) is 106 cm³/mol. The highest BCUT2D eigenvalue weighted by Crippen LogP contribution is 2.41. The molecule has 0 saturated heterocycles. The number of aryl methyl sites for hydroxylation is 1. The topological polar surface area (TPSA) is 63.4 Å². The van der Waals surface area contributed by atoms with Gasteiger partial charge in [-0.2, -0.15) is 0 Å². The quantitative estimate of drug-likeness (QED) is 0.493. The van der Waals surface area contributed by atoms with Crippen LogP contribution in [-0.2, 0) is 0 Å². The first kappa shape index (κ1) is 18.2. The number of hydrogen-bond acceptors (Lipinski definition) is 4. The van der Waals surface area contributed by atoms with E-state index >= 15 is 0 Å². The van der Waals surface area contributed by atoms with E-state index < -0.39 is 29.0 Å². The lowest BCUT2D eigenvalue weighted by molar-refractivity contribution is 0.0970. The number of halogens is 2. The Kier molecular flexibility index (Phi) is 3.99. The molecule has 7 heteroatoms. The summed E-state index contributed by atoms with van der Waals surface area (Å²) < 4.78 is 34.3. The number of pyridine rings is 1. The number of carbonyl (C=O) groups is 1. The number of hydrogen-bond donors (Lipinski definition) is 0. The summed E-state index contributed by atoms with van der Waals surface area (Å²) in [5.41, 5.74) is 0.461. The molecule has 1 atom stereocenters. The Hall–Kier alpha value is -3.87. The van der Waals surface area contributed by atoms with Crippen LogP contribution in [0.3, 0.4) is 0 Å². The van der Waals surface area contributed by atoms with Crippen molar-refractivity contribution in [3.63, 3.8) is 0 Å². The summed E-state index contributed by atoms with van der Waals surface area (Å²) in [5.74, 6) is -1.76. The van der Waals surface area contributed by atoms with E-state index in [9.17, 15) is 18.4 Å². The lowest BCUT2D eigenvalue weighted by Gasteiger charge is -2.24. The minimum atomic E-state index is -1.09. The Balaban J connectivity index is 1.84. The van der Waals surface area contributed by atoms with Gasteiger partial charge in [0.05, 0.1) is 17.0 Å². The van der Waals surface area contributed by atoms with E-state index in [-0.39, 0.29) is 33.7 Å². The number of fused-ring (bicyclic) bond motifs is 2. The van der Waals surface area contributed by atoms with E-state index in [1.165, 1.54) is 29.2 Å². The van der Waals surface area contributed by atoms with Crippen LogP contribution in [0.4, 0.5) is 14.6 Å². The molecule has 1 unspecified atom stereocenters. The van der Waals surface area contributed by atoms with Crippen LogP contribution in [-0.4, -0.2) is 10.9 Å². The summed E-state index contributed by atoms with van der Waals surface area (Å²) in [4.78, 5) is 32.1. The summed E-state index contributed by atoms with van der Waals surface area (Å²) in [6.07, 6.45) is 1.57. The average molecular weight is 404 g/mol. The van der Waals surface area contributed by atoms with E-state index in [4.69, 9.17) is 4.42 Å². The van der Waals surface area contributed by atoms with E-state index in [2.05, 4.69) is 4.98 Å². The Morgan fingerprint density at radius 3 is 2.57 bits per heavy atom. The third-order valence-corrected chi connectivity index (χ3v) is 5.17. The first-order valence-corrected chi connectivity index (χ1v) is 9.22. The van der Waals surface area contributed by atoms with Gasteiger partial charge in [-0.05, 0) is 42.8 Å². The summed E-state index contributed by atoms with van der Waals surface area (Å²) in [5, 5.41) is -0.0124. The second-order valence-corrected chi connectivity index (χ2v) is 7.11. The zero-order chi connectivity index (χ0) is 21.0. The third kappa shape index (κ3) is 2.62. The molecular formula is C23H14F2N2O3. The molecule has 0 aliphatic carbocycles. The van der Waals surface area contributed by atoms with Crippen molar-refractivity contribution < 1.29 is 18.0 Å². The van der Waals surface area contributed by atoms with Gasteiger partial charge in [-0.1, -0.05) is 24.3 Å². The molecule has 0 fully saturated rings. The van der Waals surface area contributed by atoms with Crippen molar-refractivity contribution in [2.75, 3.05) is 4.90 Å². The lowest BCUT2D eigenvalue weighted by atomic mass is 9.98. The minimum Gasteiger partial charge on any atom is -0.450 e. The molecule has 4 aromatic rings. The van der Waals surface area contributed by atoms with Gasteiger partial charge in [0.15, 0.2) is 5.43 Å². The van der Waals surface area contributed by atoms with Crippen LogP contribution >= 0.6 is 0 Å². The highest BCUT2D eigenvalue weighted by atomic mass is 19.1. The van der Waals surface area contributed by atoms with Crippen LogP contribution < -0.4 is 10.3 Å². The molecule has 5 nitrogen and oxygen atoms in total. The summed E-state index contributed by atoms with van der Waals surface area (Å²) in [6.45, 7) is 1.85. The first-order chi connectivity index (χ1) is 14.5. The van der Waals surface area contributed by atoms with Gasteiger partial charge in [0.2, 0.25) is 5.76 Å². The van der Waals surface area contributed by atoms with Crippen LogP contribution in [0.5, 0.6) is 0 Å². The van der Waals surface area contributed by atoms with Crippen LogP contribution in [0.15, 0.2) is 70.0 Å². The van der Waals surface area contributed by atoms with Crippen molar-refractivity contribution in [3.05, 3.63) is 105 Å². The van der Waals surface area contributed by atoms with Gasteiger partial charge in [0.25, 0.3) is 5.91 Å². The zero-order valence-corrected chi connectivity index (χ0v) is 15.7. The summed E-state index contributed by atoms with van der Waals surface area (Å²) in [6, 6.07) is 11.7. The second kappa shape index (κ2) is 6.59. The van der Waals surface area contributed by atoms with Gasteiger partial charge >= 0.3 is 0 Å². The molecular weight excluding hydrogens is 390 g/mol. The fraction of sp³-hybridized carbons (Fsp3) is 0.0870. The number of amides is 1. The van der Waals surface area contributed by atoms with Gasteiger partial charge < -0.3 is 4.42 Å². The fourth-order valence-corrected chi connectivity index (χ4v) is 3.77. The van der Waals surface area contributed by atoms with Crippen LogP contribution in [0.1, 0.15) is 33.3 Å². The molecule has 0 N–H and O–H groups in total. The maximum absolute atomic E-state index is 14.8. The molecule has 3 heterocycles. The highest BCUT2D eigenvalue weighted by Gasteiger charge is 2.45. The van der Waals surface area contributed by atoms with E-state index in [1.54, 1.807) is 24.4 Å². The van der Waals surface area contributed by atoms with E-state index in [0.29, 0.717) is 0 Å². The molecule has 30 heavy (non-hydrogen) atoms. The minimum absolute atomic E-state index is 0.0124. The monoisotopic (exact) mass is 404 g/mol. The van der Waals surface area contributed by atoms with Crippen molar-refractivity contribution in [2.45, 2.75) is 13.0 Å². The summed E-state index contributed by atoms with van der Waals surface area (Å²) in [7, 11) is 0. The molecule has 148 valence electrons. The van der Waals surface area contributed by atoms with Crippen molar-refractivity contribution in [1.82, 2.24) is 4.98 Å². The molecule has 2 aromatic heterocycles. The number of carbonyl (C=O) groups excluding carboxylic acids is 1. The Morgan fingerprint density at radius 1 is 1.03 bits per heavy atom. The number of aromatic nitrogens is 1. The van der Waals surface area contributed by atoms with Crippen molar-refractivity contribution in [3.8, 4) is 0 Å². The van der Waals surface area contributed by atoms with Gasteiger partial charge in [-0.15, -0.1) is 0 Å². The zero-order valence-electron chi connectivity index (χ0n) is 15.7. The molecule has 0 bridgehead atoms. The fourth-order valence-electron chi connectivity index (χ4n) is 3.77. The molecule has 0 radical (unpaired) electrons. The molecule has 0 spiro atoms. The number of nitrogens with zero attached hydrogens (tertiary/aromatic N) is 2. The molecule has 5 rings (SSSR count). The SMILES string of the molecule is Cc1ccc(N2C(=O)c3oc4ccc(F)cc4c(=O)c3C2c2ccccc2F)nc1. The second-order valence-electron chi connectivity index (χ2n) is 7.11. The molecule has 0 saturated carbocycles. The number of benzene rings is 2. The standard InChI is InChI=1S/C23H14F2N2O3/c1-12-6-9-18(26-11-12)27-20(14-4-2-3-5-16(14)25)19-21(28)15-10-13(24)7-8-17(15)30-22(19)23(27)29/h2-11,20H,1H3. The predicted octanol–water partition coefficient (Wildman–Crippen LogP) is 4.52. The first-order valence-electron chi connectivity index (χ1n) is 9.22. The number of anilines is 1. The van der Waals surface area contributed by atoms with Crippen molar-refractivity contribution in [2.24, 2.45) is 0 Å². The maximum Gasteiger partial charge on any atom is 0.296 e. The number of rotatable bonds is 2. The largest absolute Gasteiger partial charge is 0.450 e.